The zero-order valence-corrected chi connectivity index (χ0v) is 17.8. The van der Waals surface area contributed by atoms with Crippen LogP contribution in [0.25, 0.3) is 22.0 Å². The quantitative estimate of drug-likeness (QED) is 0.195. The summed E-state index contributed by atoms with van der Waals surface area (Å²) >= 11 is 1.69. The average molecular weight is 407 g/mol. The highest BCUT2D eigenvalue weighted by Crippen LogP contribution is 2.29. The number of thioether (sulfide) groups is 1. The Morgan fingerprint density at radius 1 is 1.07 bits per heavy atom. The Hall–Kier alpha value is -2.53. The second-order valence-electron chi connectivity index (χ2n) is 7.47. The molecule has 0 radical (unpaired) electrons. The Bertz CT molecular complexity index is 1190. The van der Waals surface area contributed by atoms with Crippen molar-refractivity contribution >= 4 is 33.8 Å². The van der Waals surface area contributed by atoms with Gasteiger partial charge in [-0.05, 0) is 42.7 Å². The minimum Gasteiger partial charge on any atom is -0.423 e. The fraction of sp³-hybridized carbons (Fsp3) is 0.333. The van der Waals surface area contributed by atoms with E-state index in [0.29, 0.717) is 11.3 Å². The molecule has 0 unspecified atom stereocenters. The zero-order chi connectivity index (χ0) is 20.2. The molecule has 0 spiro atoms. The number of benzene rings is 2. The predicted molar refractivity (Wildman–Crippen MR) is 121 cm³/mol. The third-order valence-corrected chi connectivity index (χ3v) is 6.22. The Balaban J connectivity index is 1.63. The van der Waals surface area contributed by atoms with Crippen LogP contribution in [0.15, 0.2) is 62.9 Å². The maximum atomic E-state index is 12.0. The maximum Gasteiger partial charge on any atom is 0.336 e. The topological polar surface area (TPSA) is 48.0 Å². The molecule has 0 N–H and O–H groups in total. The van der Waals surface area contributed by atoms with Crippen LogP contribution in [-0.2, 0) is 12.3 Å². The lowest BCUT2D eigenvalue weighted by Gasteiger charge is -2.10. The van der Waals surface area contributed by atoms with Crippen LogP contribution in [0, 0.1) is 6.92 Å². The number of hydrogen-bond donors (Lipinski definition) is 0. The second-order valence-corrected chi connectivity index (χ2v) is 8.42. The van der Waals surface area contributed by atoms with Crippen LogP contribution >= 0.6 is 11.8 Å². The molecule has 5 heteroatoms. The van der Waals surface area contributed by atoms with Crippen LogP contribution in [0.1, 0.15) is 43.7 Å². The largest absolute Gasteiger partial charge is 0.423 e. The Morgan fingerprint density at radius 2 is 1.93 bits per heavy atom. The predicted octanol–water partition coefficient (Wildman–Crippen LogP) is 6.32. The highest BCUT2D eigenvalue weighted by atomic mass is 32.2. The highest BCUT2D eigenvalue weighted by Gasteiger charge is 2.13. The minimum absolute atomic E-state index is 0.299. The zero-order valence-electron chi connectivity index (χ0n) is 17.0. The number of para-hydroxylation sites is 2. The van der Waals surface area contributed by atoms with Crippen LogP contribution in [0.2, 0.25) is 0 Å². The van der Waals surface area contributed by atoms with Gasteiger partial charge < -0.3 is 8.98 Å². The van der Waals surface area contributed by atoms with Gasteiger partial charge in [0.05, 0.1) is 11.0 Å². The molecule has 0 amide bonds. The van der Waals surface area contributed by atoms with E-state index in [1.54, 1.807) is 17.8 Å². The molecule has 0 saturated carbocycles. The van der Waals surface area contributed by atoms with Gasteiger partial charge in [0.2, 0.25) is 0 Å². The van der Waals surface area contributed by atoms with Gasteiger partial charge in [-0.1, -0.05) is 62.2 Å². The van der Waals surface area contributed by atoms with Gasteiger partial charge >= 0.3 is 5.63 Å². The first-order chi connectivity index (χ1) is 14.2. The van der Waals surface area contributed by atoms with E-state index in [1.807, 2.05) is 25.1 Å². The van der Waals surface area contributed by atoms with Gasteiger partial charge in [0.1, 0.15) is 5.58 Å². The number of imidazole rings is 1. The van der Waals surface area contributed by atoms with Crippen molar-refractivity contribution in [1.29, 1.82) is 0 Å². The number of rotatable bonds is 8. The maximum absolute atomic E-state index is 12.0. The number of aryl methyl sites for hydroxylation is 2. The first-order valence-corrected chi connectivity index (χ1v) is 11.3. The van der Waals surface area contributed by atoms with Crippen molar-refractivity contribution in [3.05, 3.63) is 70.1 Å². The summed E-state index contributed by atoms with van der Waals surface area (Å²) in [5.74, 6) is 0.684. The van der Waals surface area contributed by atoms with Gasteiger partial charge in [0.25, 0.3) is 0 Å². The van der Waals surface area contributed by atoms with E-state index in [4.69, 9.17) is 9.40 Å². The summed E-state index contributed by atoms with van der Waals surface area (Å²) in [5.41, 5.74) is 4.64. The smallest absolute Gasteiger partial charge is 0.336 e. The van der Waals surface area contributed by atoms with Gasteiger partial charge in [-0.15, -0.1) is 0 Å². The molecule has 0 aliphatic heterocycles. The molecule has 4 aromatic rings. The first kappa shape index (κ1) is 19.8. The van der Waals surface area contributed by atoms with Crippen molar-refractivity contribution < 1.29 is 4.42 Å². The van der Waals surface area contributed by atoms with Crippen molar-refractivity contribution in [3.8, 4) is 0 Å². The van der Waals surface area contributed by atoms with E-state index in [1.165, 1.54) is 24.8 Å². The van der Waals surface area contributed by atoms with Crippen molar-refractivity contribution in [3.63, 3.8) is 0 Å². The number of hydrogen-bond acceptors (Lipinski definition) is 4. The third-order valence-electron chi connectivity index (χ3n) is 5.20. The number of unbranched alkanes of at least 4 members (excludes halogenated alkanes) is 3. The van der Waals surface area contributed by atoms with Crippen molar-refractivity contribution in [1.82, 2.24) is 9.55 Å². The number of fused-ring (bicyclic) bond motifs is 2. The van der Waals surface area contributed by atoms with Crippen molar-refractivity contribution in [2.45, 2.75) is 57.0 Å². The monoisotopic (exact) mass is 406 g/mol. The van der Waals surface area contributed by atoms with Crippen molar-refractivity contribution in [2.24, 2.45) is 0 Å². The van der Waals surface area contributed by atoms with Gasteiger partial charge in [0.15, 0.2) is 5.16 Å². The third kappa shape index (κ3) is 4.40. The highest BCUT2D eigenvalue weighted by molar-refractivity contribution is 7.98. The Morgan fingerprint density at radius 3 is 2.79 bits per heavy atom. The lowest BCUT2D eigenvalue weighted by Crippen LogP contribution is -2.02. The molecule has 29 heavy (non-hydrogen) atoms. The van der Waals surface area contributed by atoms with E-state index in [2.05, 4.69) is 35.8 Å². The summed E-state index contributed by atoms with van der Waals surface area (Å²) in [5, 5.41) is 2.00. The van der Waals surface area contributed by atoms with E-state index in [0.717, 1.165) is 40.2 Å². The molecule has 2 aromatic heterocycles. The molecule has 0 aliphatic carbocycles. The van der Waals surface area contributed by atoms with Gasteiger partial charge in [-0.3, -0.25) is 0 Å². The number of aromatic nitrogens is 2. The second kappa shape index (κ2) is 8.87. The molecule has 0 fully saturated rings. The van der Waals surface area contributed by atoms with Crippen LogP contribution < -0.4 is 5.63 Å². The van der Waals surface area contributed by atoms with Gasteiger partial charge in [-0.2, -0.15) is 0 Å². The summed E-state index contributed by atoms with van der Waals surface area (Å²) in [6.45, 7) is 5.21. The lowest BCUT2D eigenvalue weighted by molar-refractivity contribution is 0.559. The summed E-state index contributed by atoms with van der Waals surface area (Å²) in [7, 11) is 0. The molecule has 0 bridgehead atoms. The van der Waals surface area contributed by atoms with Crippen LogP contribution in [0.3, 0.4) is 0 Å². The Kier molecular flexibility index (Phi) is 6.05. The Labute approximate surface area is 174 Å². The SMILES string of the molecule is CCCCCCn1c(SCc2cc(=O)oc3cc(C)ccc23)nc2ccccc21. The fourth-order valence-corrected chi connectivity index (χ4v) is 4.71. The van der Waals surface area contributed by atoms with E-state index < -0.39 is 0 Å². The van der Waals surface area contributed by atoms with Gasteiger partial charge in [-0.25, -0.2) is 9.78 Å². The lowest BCUT2D eigenvalue weighted by atomic mass is 10.1. The van der Waals surface area contributed by atoms with E-state index in [9.17, 15) is 4.79 Å². The van der Waals surface area contributed by atoms with Crippen LogP contribution in [-0.4, -0.2) is 9.55 Å². The molecule has 2 heterocycles. The molecule has 150 valence electrons. The molecular weight excluding hydrogens is 380 g/mol. The first-order valence-electron chi connectivity index (χ1n) is 10.3. The summed E-state index contributed by atoms with van der Waals surface area (Å²) < 4.78 is 7.72. The molecule has 4 nitrogen and oxygen atoms in total. The standard InChI is InChI=1S/C24H26N2O2S/c1-3-4-5-8-13-26-21-10-7-6-9-20(21)25-24(26)29-16-18-15-23(27)28-22-14-17(2)11-12-19(18)22/h6-7,9-12,14-15H,3-5,8,13,16H2,1-2H3. The van der Waals surface area contributed by atoms with Crippen LogP contribution in [0.5, 0.6) is 0 Å². The summed E-state index contributed by atoms with van der Waals surface area (Å²) in [6, 6.07) is 15.9. The molecule has 0 saturated heterocycles. The molecule has 0 aliphatic rings. The van der Waals surface area contributed by atoms with Crippen molar-refractivity contribution in [2.75, 3.05) is 0 Å². The molecular formula is C24H26N2O2S. The fourth-order valence-electron chi connectivity index (χ4n) is 3.68. The summed E-state index contributed by atoms with van der Waals surface area (Å²) in [4.78, 5) is 16.9. The normalized spacial score (nSPS) is 11.5. The van der Waals surface area contributed by atoms with Crippen LogP contribution in [0.4, 0.5) is 0 Å². The van der Waals surface area contributed by atoms with E-state index >= 15 is 0 Å². The molecule has 2 aromatic carbocycles. The van der Waals surface area contributed by atoms with E-state index in [-0.39, 0.29) is 5.63 Å². The minimum atomic E-state index is -0.299. The number of nitrogens with zero attached hydrogens (tertiary/aromatic N) is 2. The average Bonchev–Trinajstić information content (AvgIpc) is 3.06. The summed E-state index contributed by atoms with van der Waals surface area (Å²) in [6.07, 6.45) is 4.88. The molecule has 0 atom stereocenters. The molecule has 4 rings (SSSR count). The van der Waals surface area contributed by atoms with Gasteiger partial charge in [0, 0.05) is 23.8 Å².